The van der Waals surface area contributed by atoms with Crippen LogP contribution in [0.3, 0.4) is 0 Å². The Morgan fingerprint density at radius 3 is 1.93 bits per heavy atom. The van der Waals surface area contributed by atoms with E-state index in [1.165, 1.54) is 34.6 Å². The van der Waals surface area contributed by atoms with E-state index in [2.05, 4.69) is 19.0 Å². The van der Waals surface area contributed by atoms with Crippen LogP contribution >= 0.6 is 0 Å². The fraction of sp³-hybridized carbons (Fsp3) is 0.424. The molecule has 1 saturated carbocycles. The molecule has 8 nitrogen and oxygen atoms in total. The Morgan fingerprint density at radius 1 is 0.804 bits per heavy atom. The van der Waals surface area contributed by atoms with Crippen LogP contribution in [0, 0.1) is 5.41 Å². The predicted octanol–water partition coefficient (Wildman–Crippen LogP) is 6.33. The second-order valence-electron chi connectivity index (χ2n) is 13.3. The summed E-state index contributed by atoms with van der Waals surface area (Å²) in [6.07, 6.45) is -2.08. The van der Waals surface area contributed by atoms with E-state index in [1.54, 1.807) is 18.2 Å². The number of halogens is 3. The molecule has 0 bridgehead atoms. The molecular formula is C33H35F3N2O6S2. The highest BCUT2D eigenvalue weighted by molar-refractivity contribution is 7.92. The zero-order valence-electron chi connectivity index (χ0n) is 25.4. The SMILES string of the molecule is CC1(C)CCC(S(=O)(=O)c2ccc3c(c2)/C(=N\O)c2cc(S(=O)(=O)N4CCC(O)(c5cccc(C(F)(F)F)c5)CC4)ccc2-3)CC1. The summed E-state index contributed by atoms with van der Waals surface area (Å²) in [6, 6.07) is 13.5. The van der Waals surface area contributed by atoms with E-state index in [4.69, 9.17) is 0 Å². The Balaban J connectivity index is 1.24. The molecule has 1 aliphatic heterocycles. The lowest BCUT2D eigenvalue weighted by Crippen LogP contribution is -2.45. The predicted molar refractivity (Wildman–Crippen MR) is 166 cm³/mol. The molecule has 1 heterocycles. The van der Waals surface area contributed by atoms with Gasteiger partial charge in [-0.15, -0.1) is 0 Å². The van der Waals surface area contributed by atoms with Crippen LogP contribution in [-0.4, -0.2) is 55.5 Å². The minimum Gasteiger partial charge on any atom is -0.410 e. The third-order valence-electron chi connectivity index (χ3n) is 9.85. The number of hydrogen-bond donors (Lipinski definition) is 2. The molecule has 2 N–H and O–H groups in total. The third kappa shape index (κ3) is 5.65. The lowest BCUT2D eigenvalue weighted by Gasteiger charge is -2.38. The zero-order chi connectivity index (χ0) is 33.3. The number of sulfone groups is 1. The van der Waals surface area contributed by atoms with Crippen molar-refractivity contribution >= 4 is 25.6 Å². The lowest BCUT2D eigenvalue weighted by atomic mass is 9.77. The van der Waals surface area contributed by atoms with E-state index in [1.807, 2.05) is 0 Å². The molecule has 3 aliphatic rings. The van der Waals surface area contributed by atoms with Crippen LogP contribution in [0.2, 0.25) is 0 Å². The van der Waals surface area contributed by atoms with Gasteiger partial charge in [-0.25, -0.2) is 16.8 Å². The summed E-state index contributed by atoms with van der Waals surface area (Å²) in [6.45, 7) is 4.00. The van der Waals surface area contributed by atoms with Gasteiger partial charge in [0.1, 0.15) is 5.71 Å². The number of fused-ring (bicyclic) bond motifs is 3. The van der Waals surface area contributed by atoms with Crippen molar-refractivity contribution < 1.29 is 40.3 Å². The topological polar surface area (TPSA) is 124 Å². The van der Waals surface area contributed by atoms with Crippen molar-refractivity contribution in [3.63, 3.8) is 0 Å². The van der Waals surface area contributed by atoms with Crippen LogP contribution in [0.5, 0.6) is 0 Å². The van der Waals surface area contributed by atoms with E-state index >= 15 is 0 Å². The second-order valence-corrected chi connectivity index (χ2v) is 17.5. The Kier molecular flexibility index (Phi) is 7.94. The molecule has 0 atom stereocenters. The minimum atomic E-state index is -4.58. The van der Waals surface area contributed by atoms with Crippen molar-refractivity contribution in [2.75, 3.05) is 13.1 Å². The first-order valence-corrected chi connectivity index (χ1v) is 18.1. The number of hydrogen-bond acceptors (Lipinski definition) is 7. The highest BCUT2D eigenvalue weighted by Gasteiger charge is 2.41. The van der Waals surface area contributed by atoms with Crippen LogP contribution in [0.25, 0.3) is 11.1 Å². The molecule has 0 amide bonds. The average molecular weight is 677 g/mol. The van der Waals surface area contributed by atoms with Crippen LogP contribution < -0.4 is 0 Å². The van der Waals surface area contributed by atoms with Crippen LogP contribution in [0.1, 0.15) is 74.6 Å². The summed E-state index contributed by atoms with van der Waals surface area (Å²) in [4.78, 5) is 0.0294. The Morgan fingerprint density at radius 2 is 1.37 bits per heavy atom. The first-order valence-electron chi connectivity index (χ1n) is 15.1. The lowest BCUT2D eigenvalue weighted by molar-refractivity contribution is -0.137. The number of nitrogens with zero attached hydrogens (tertiary/aromatic N) is 2. The van der Waals surface area contributed by atoms with Crippen molar-refractivity contribution in [1.82, 2.24) is 4.31 Å². The van der Waals surface area contributed by atoms with Gasteiger partial charge in [0.25, 0.3) is 0 Å². The van der Waals surface area contributed by atoms with Crippen LogP contribution in [-0.2, 0) is 31.6 Å². The van der Waals surface area contributed by atoms with Gasteiger partial charge in [0.15, 0.2) is 9.84 Å². The smallest absolute Gasteiger partial charge is 0.410 e. The van der Waals surface area contributed by atoms with Gasteiger partial charge in [0.2, 0.25) is 10.0 Å². The Hall–Kier alpha value is -3.26. The molecule has 0 aromatic heterocycles. The fourth-order valence-corrected chi connectivity index (χ4v) is 10.1. The maximum absolute atomic E-state index is 13.7. The first-order chi connectivity index (χ1) is 21.5. The monoisotopic (exact) mass is 676 g/mol. The molecule has 1 saturated heterocycles. The van der Waals surface area contributed by atoms with Crippen molar-refractivity contribution in [1.29, 1.82) is 0 Å². The Bertz CT molecular complexity index is 1940. The van der Waals surface area contributed by atoms with Gasteiger partial charge in [0, 0.05) is 24.2 Å². The molecule has 6 rings (SSSR count). The number of piperidine rings is 1. The van der Waals surface area contributed by atoms with E-state index in [0.29, 0.717) is 35.1 Å². The molecule has 0 spiro atoms. The van der Waals surface area contributed by atoms with Crippen molar-refractivity contribution in [2.45, 2.75) is 79.2 Å². The molecule has 0 unspecified atom stereocenters. The molecule has 246 valence electrons. The highest BCUT2D eigenvalue weighted by Crippen LogP contribution is 2.43. The molecule has 0 radical (unpaired) electrons. The van der Waals surface area contributed by atoms with E-state index in [0.717, 1.165) is 25.0 Å². The van der Waals surface area contributed by atoms with Crippen molar-refractivity contribution in [3.05, 3.63) is 82.9 Å². The number of sulfonamides is 1. The molecule has 46 heavy (non-hydrogen) atoms. The zero-order valence-corrected chi connectivity index (χ0v) is 27.0. The van der Waals surface area contributed by atoms with Crippen molar-refractivity contribution in [2.24, 2.45) is 10.6 Å². The first kappa shape index (κ1) is 32.7. The maximum atomic E-state index is 13.7. The number of aliphatic hydroxyl groups is 1. The van der Waals surface area contributed by atoms with Gasteiger partial charge in [-0.05, 0) is 97.0 Å². The van der Waals surface area contributed by atoms with Gasteiger partial charge in [-0.1, -0.05) is 43.3 Å². The van der Waals surface area contributed by atoms with Crippen LogP contribution in [0.4, 0.5) is 13.2 Å². The minimum absolute atomic E-state index is 0.0569. The molecule has 2 aliphatic carbocycles. The number of benzene rings is 3. The number of oxime groups is 1. The molecule has 3 aromatic carbocycles. The third-order valence-corrected chi connectivity index (χ3v) is 14.0. The second kappa shape index (κ2) is 11.2. The standard InChI is InChI=1S/C33H35F3N2O6S2/c1-31(2)12-10-23(11-13-31)45(41,42)24-6-8-26-27-9-7-25(20-29(27)30(37-40)28(26)19-24)46(43,44)38-16-14-32(39,15-17-38)21-4-3-5-22(18-21)33(34,35)36/h3-9,18-20,23,39-40H,10-17H2,1-2H3/b37-30+. The van der Waals surface area contributed by atoms with E-state index in [-0.39, 0.29) is 52.4 Å². The molecule has 13 heteroatoms. The molecular weight excluding hydrogens is 641 g/mol. The van der Waals surface area contributed by atoms with E-state index < -0.39 is 42.5 Å². The van der Waals surface area contributed by atoms with Crippen molar-refractivity contribution in [3.8, 4) is 11.1 Å². The Labute approximate surface area is 266 Å². The summed E-state index contributed by atoms with van der Waals surface area (Å²) in [7, 11) is -7.77. The van der Waals surface area contributed by atoms with Gasteiger partial charge in [-0.2, -0.15) is 17.5 Å². The van der Waals surface area contributed by atoms with Gasteiger partial charge < -0.3 is 10.3 Å². The summed E-state index contributed by atoms with van der Waals surface area (Å²) >= 11 is 0. The number of alkyl halides is 3. The average Bonchev–Trinajstić information content (AvgIpc) is 3.33. The summed E-state index contributed by atoms with van der Waals surface area (Å²) in [5, 5.41) is 24.1. The summed E-state index contributed by atoms with van der Waals surface area (Å²) in [5.41, 5.74) is -0.389. The largest absolute Gasteiger partial charge is 0.416 e. The van der Waals surface area contributed by atoms with Crippen LogP contribution in [0.15, 0.2) is 75.6 Å². The number of rotatable bonds is 5. The quantitative estimate of drug-likeness (QED) is 0.188. The highest BCUT2D eigenvalue weighted by atomic mass is 32.2. The fourth-order valence-electron chi connectivity index (χ4n) is 6.89. The normalized spacial score (nSPS) is 21.2. The molecule has 3 aromatic rings. The van der Waals surface area contributed by atoms with Gasteiger partial charge in [-0.3, -0.25) is 0 Å². The van der Waals surface area contributed by atoms with E-state index in [9.17, 15) is 40.3 Å². The summed E-state index contributed by atoms with van der Waals surface area (Å²) < 4.78 is 95.5. The summed E-state index contributed by atoms with van der Waals surface area (Å²) in [5.74, 6) is 0. The van der Waals surface area contributed by atoms with Gasteiger partial charge >= 0.3 is 6.18 Å². The molecule has 2 fully saturated rings. The van der Waals surface area contributed by atoms with Gasteiger partial charge in [0.05, 0.1) is 26.2 Å². The maximum Gasteiger partial charge on any atom is 0.416 e.